The predicted molar refractivity (Wildman–Crippen MR) is 112 cm³/mol. The molecule has 0 saturated carbocycles. The third-order valence-electron chi connectivity index (χ3n) is 4.93. The number of nitrogens with zero attached hydrogens (tertiary/aromatic N) is 2. The van der Waals surface area contributed by atoms with E-state index in [1.165, 1.54) is 17.7 Å². The van der Waals surface area contributed by atoms with Gasteiger partial charge in [-0.1, -0.05) is 78.4 Å². The van der Waals surface area contributed by atoms with Gasteiger partial charge in [0.1, 0.15) is 0 Å². The summed E-state index contributed by atoms with van der Waals surface area (Å²) in [6.07, 6.45) is -0.769. The summed E-state index contributed by atoms with van der Waals surface area (Å²) >= 11 is 0. The van der Waals surface area contributed by atoms with Gasteiger partial charge in [-0.25, -0.2) is 0 Å². The molecule has 8 heteroatoms. The number of hydrogen-bond donors (Lipinski definition) is 0. The van der Waals surface area contributed by atoms with Crippen molar-refractivity contribution in [2.75, 3.05) is 11.4 Å². The van der Waals surface area contributed by atoms with Crippen LogP contribution >= 0.6 is 0 Å². The summed E-state index contributed by atoms with van der Waals surface area (Å²) in [6.45, 7) is 2.56. The van der Waals surface area contributed by atoms with Gasteiger partial charge in [-0.15, -0.1) is 5.70 Å². The fourth-order valence-corrected chi connectivity index (χ4v) is 3.24. The third kappa shape index (κ3) is 6.38. The molecule has 1 radical (unpaired) electrons. The molecule has 2 amide bonds. The number of urea groups is 1. The first-order valence-corrected chi connectivity index (χ1v) is 9.54. The summed E-state index contributed by atoms with van der Waals surface area (Å²) in [7, 11) is 0. The molecule has 0 bridgehead atoms. The van der Waals surface area contributed by atoms with E-state index >= 15 is 0 Å². The minimum absolute atomic E-state index is 0. The summed E-state index contributed by atoms with van der Waals surface area (Å²) in [5.74, 6) is -1.39. The molecule has 1 aliphatic carbocycles. The van der Waals surface area contributed by atoms with Gasteiger partial charge in [-0.05, 0) is 37.2 Å². The van der Waals surface area contributed by atoms with Gasteiger partial charge in [0.15, 0.2) is 6.03 Å². The van der Waals surface area contributed by atoms with E-state index in [1.54, 1.807) is 4.90 Å². The second kappa shape index (κ2) is 10.5. The van der Waals surface area contributed by atoms with E-state index in [9.17, 15) is 18.0 Å². The maximum atomic E-state index is 12.0. The predicted octanol–water partition coefficient (Wildman–Crippen LogP) is 7.11. The zero-order chi connectivity index (χ0) is 21.7. The number of amides is 2. The van der Waals surface area contributed by atoms with Crippen LogP contribution in [0.2, 0.25) is 0 Å². The standard InChI is InChI=1S/C16H16N2O.C7H7F3N.Co/c1-12-7-9-14(10-8-12)18-15(11-17-16(18)19)13-5-3-2-4-6-13;8-7(9,10)5-1-3-6(11)4-2-5;/h2-10,15H,11H2,1H3,(H,17,19);1,3-5,11H,2H2;/q;-1;+2/p-1. The fraction of sp³-hybridized carbons (Fsp3) is 0.261. The minimum atomic E-state index is -4.16. The zero-order valence-corrected chi connectivity index (χ0v) is 17.8. The van der Waals surface area contributed by atoms with Crippen molar-refractivity contribution in [2.24, 2.45) is 5.92 Å². The Balaban J connectivity index is 0.000000245. The molecule has 1 fully saturated rings. The van der Waals surface area contributed by atoms with E-state index < -0.39 is 12.1 Å². The van der Waals surface area contributed by atoms with E-state index in [2.05, 4.69) is 5.32 Å². The summed E-state index contributed by atoms with van der Waals surface area (Å²) < 4.78 is 35.8. The largest absolute Gasteiger partial charge is 2.00 e. The number of rotatable bonds is 2. The van der Waals surface area contributed by atoms with Crippen molar-refractivity contribution in [3.63, 3.8) is 0 Å². The Labute approximate surface area is 190 Å². The Morgan fingerprint density at radius 1 is 1.06 bits per heavy atom. The number of anilines is 1. The van der Waals surface area contributed by atoms with Gasteiger partial charge >= 0.3 is 23.0 Å². The van der Waals surface area contributed by atoms with E-state index in [0.29, 0.717) is 6.54 Å². The van der Waals surface area contributed by atoms with E-state index in [0.717, 1.165) is 17.3 Å². The molecule has 2 unspecified atom stereocenters. The molecule has 2 aliphatic rings. The number of allylic oxidation sites excluding steroid dienone is 3. The molecule has 1 aliphatic heterocycles. The van der Waals surface area contributed by atoms with Crippen LogP contribution in [0.15, 0.2) is 78.5 Å². The van der Waals surface area contributed by atoms with Crippen LogP contribution in [-0.4, -0.2) is 18.8 Å². The molecular weight excluding hydrogens is 450 g/mol. The van der Waals surface area contributed by atoms with Crippen LogP contribution in [0, 0.1) is 12.8 Å². The summed E-state index contributed by atoms with van der Waals surface area (Å²) in [5, 5.41) is 4.06. The van der Waals surface area contributed by atoms with Crippen molar-refractivity contribution in [1.82, 2.24) is 0 Å². The van der Waals surface area contributed by atoms with Crippen LogP contribution < -0.4 is 4.90 Å². The number of carbonyl (C=O) groups excluding carboxylic acids is 1. The number of alkyl halides is 3. The maximum Gasteiger partial charge on any atom is 2.00 e. The van der Waals surface area contributed by atoms with Crippen LogP contribution in [0.3, 0.4) is 0 Å². The maximum absolute atomic E-state index is 12.0. The Morgan fingerprint density at radius 2 is 1.71 bits per heavy atom. The smallest absolute Gasteiger partial charge is 0.699 e. The van der Waals surface area contributed by atoms with Gasteiger partial charge in [-0.3, -0.25) is 4.79 Å². The van der Waals surface area contributed by atoms with Gasteiger partial charge in [0.2, 0.25) is 0 Å². The van der Waals surface area contributed by atoms with Crippen molar-refractivity contribution in [1.29, 1.82) is 0 Å². The molecular formula is C23H22CoF3N3O. The summed E-state index contributed by atoms with van der Waals surface area (Å²) in [5.41, 5.74) is 10.3. The van der Waals surface area contributed by atoms with Crippen LogP contribution in [0.5, 0.6) is 0 Å². The molecule has 1 saturated heterocycles. The van der Waals surface area contributed by atoms with Gasteiger partial charge in [0.05, 0.1) is 5.92 Å². The molecule has 31 heavy (non-hydrogen) atoms. The number of nitrogens with one attached hydrogen (secondary N) is 1. The first-order valence-electron chi connectivity index (χ1n) is 9.54. The Bertz CT molecular complexity index is 927. The second-order valence-corrected chi connectivity index (χ2v) is 7.16. The molecule has 1 N–H and O–H groups in total. The SMILES string of the molecule is Cc1ccc(N2C(=O)[N-]CC2c2ccccc2)cc1.[Co+2].[NH-]C1=CCC(C(F)(F)F)C=C1. The zero-order valence-electron chi connectivity index (χ0n) is 16.8. The van der Waals surface area contributed by atoms with Crippen molar-refractivity contribution >= 4 is 11.7 Å². The Hall–Kier alpha value is -2.71. The summed E-state index contributed by atoms with van der Waals surface area (Å²) in [4.78, 5) is 13.8. The van der Waals surface area contributed by atoms with Crippen LogP contribution in [0.25, 0.3) is 11.1 Å². The average Bonchev–Trinajstić information content (AvgIpc) is 3.11. The molecule has 0 spiro atoms. The number of carbonyl (C=O) groups is 1. The molecule has 165 valence electrons. The average molecular weight is 472 g/mol. The Kier molecular flexibility index (Phi) is 8.35. The number of benzene rings is 2. The molecule has 0 aromatic heterocycles. The quantitative estimate of drug-likeness (QED) is 0.460. The summed E-state index contributed by atoms with van der Waals surface area (Å²) in [6, 6.07) is 17.9. The Morgan fingerprint density at radius 3 is 2.26 bits per heavy atom. The monoisotopic (exact) mass is 472 g/mol. The minimum Gasteiger partial charge on any atom is -0.699 e. The first-order chi connectivity index (χ1) is 14.3. The molecule has 2 atom stereocenters. The van der Waals surface area contributed by atoms with Crippen molar-refractivity contribution in [2.45, 2.75) is 25.6 Å². The number of aryl methyl sites for hydroxylation is 1. The number of hydrogen-bond acceptors (Lipinski definition) is 1. The molecule has 2 aromatic carbocycles. The topological polar surface area (TPSA) is 58.2 Å². The van der Waals surface area contributed by atoms with E-state index in [-0.39, 0.29) is 41.0 Å². The van der Waals surface area contributed by atoms with Crippen molar-refractivity contribution < 1.29 is 34.7 Å². The molecule has 4 nitrogen and oxygen atoms in total. The van der Waals surface area contributed by atoms with Crippen molar-refractivity contribution in [3.8, 4) is 0 Å². The van der Waals surface area contributed by atoms with Crippen molar-refractivity contribution in [3.05, 3.63) is 101 Å². The van der Waals surface area contributed by atoms with Crippen LogP contribution in [0.1, 0.15) is 23.6 Å². The fourth-order valence-electron chi connectivity index (χ4n) is 3.24. The van der Waals surface area contributed by atoms with Gasteiger partial charge in [-0.2, -0.15) is 13.2 Å². The van der Waals surface area contributed by atoms with E-state index in [4.69, 9.17) is 5.73 Å². The van der Waals surface area contributed by atoms with Gasteiger partial charge in [0, 0.05) is 0 Å². The third-order valence-corrected chi connectivity index (χ3v) is 4.93. The van der Waals surface area contributed by atoms with Crippen LogP contribution in [-0.2, 0) is 16.8 Å². The number of halogens is 3. The second-order valence-electron chi connectivity index (χ2n) is 7.16. The van der Waals surface area contributed by atoms with Crippen LogP contribution in [0.4, 0.5) is 23.7 Å². The molecule has 2 aromatic rings. The normalized spacial score (nSPS) is 20.2. The van der Waals surface area contributed by atoms with Gasteiger partial charge in [0.25, 0.3) is 0 Å². The molecule has 1 heterocycles. The molecule has 4 rings (SSSR count). The van der Waals surface area contributed by atoms with E-state index in [1.807, 2.05) is 61.5 Å². The van der Waals surface area contributed by atoms with Gasteiger partial charge < -0.3 is 16.0 Å². The first kappa shape index (κ1) is 24.6.